The van der Waals surface area contributed by atoms with Crippen LogP contribution in [0.3, 0.4) is 0 Å². The van der Waals surface area contributed by atoms with Gasteiger partial charge in [-0.25, -0.2) is 5.43 Å². The Kier molecular flexibility index (Phi) is 7.81. The number of hydrogen-bond acceptors (Lipinski definition) is 3. The number of benzene rings is 4. The van der Waals surface area contributed by atoms with Crippen molar-refractivity contribution in [2.75, 3.05) is 6.54 Å². The van der Waals surface area contributed by atoms with E-state index in [1.807, 2.05) is 110 Å². The smallest absolute Gasteiger partial charge is 0.259 e. The molecule has 0 saturated carbocycles. The molecular weight excluding hydrogens is 434 g/mol. The van der Waals surface area contributed by atoms with Crippen LogP contribution in [0.15, 0.2) is 120 Å². The minimum absolute atomic E-state index is 0.168. The number of nitrogens with one attached hydrogen (secondary N) is 2. The van der Waals surface area contributed by atoms with Gasteiger partial charge < -0.3 is 5.32 Å². The summed E-state index contributed by atoms with van der Waals surface area (Å²) in [6.07, 6.45) is 0. The molecule has 0 aliphatic heterocycles. The average Bonchev–Trinajstić information content (AvgIpc) is 2.92. The molecule has 2 N–H and O–H groups in total. The van der Waals surface area contributed by atoms with Gasteiger partial charge in [-0.1, -0.05) is 115 Å². The number of nitrogens with zero attached hydrogens (tertiary/aromatic N) is 1. The number of carbonyl (C=O) groups is 2. The van der Waals surface area contributed by atoms with Crippen molar-refractivity contribution in [3.8, 4) is 11.1 Å². The van der Waals surface area contributed by atoms with Crippen LogP contribution >= 0.6 is 0 Å². The van der Waals surface area contributed by atoms with Crippen LogP contribution in [0, 0.1) is 0 Å². The third kappa shape index (κ3) is 6.30. The quantitative estimate of drug-likeness (QED) is 0.282. The number of amides is 2. The molecule has 0 aromatic heterocycles. The van der Waals surface area contributed by atoms with Crippen LogP contribution in [0.25, 0.3) is 11.1 Å². The van der Waals surface area contributed by atoms with E-state index in [1.54, 1.807) is 0 Å². The molecule has 5 nitrogen and oxygen atoms in total. The van der Waals surface area contributed by atoms with Crippen molar-refractivity contribution in [1.29, 1.82) is 0 Å². The van der Waals surface area contributed by atoms with Gasteiger partial charge in [0.1, 0.15) is 0 Å². The monoisotopic (exact) mass is 461 g/mol. The van der Waals surface area contributed by atoms with Gasteiger partial charge in [0.15, 0.2) is 0 Å². The van der Waals surface area contributed by atoms with E-state index in [-0.39, 0.29) is 12.5 Å². The van der Waals surface area contributed by atoms with Gasteiger partial charge in [-0.2, -0.15) is 5.10 Å². The van der Waals surface area contributed by atoms with E-state index in [9.17, 15) is 9.59 Å². The third-order valence-corrected chi connectivity index (χ3v) is 5.71. The summed E-state index contributed by atoms with van der Waals surface area (Å²) in [4.78, 5) is 25.4. The molecule has 0 aliphatic rings. The van der Waals surface area contributed by atoms with Crippen LogP contribution in [-0.4, -0.2) is 24.1 Å². The average molecular weight is 462 g/mol. The number of rotatable bonds is 8. The van der Waals surface area contributed by atoms with Gasteiger partial charge in [-0.3, -0.25) is 9.59 Å². The Morgan fingerprint density at radius 1 is 0.686 bits per heavy atom. The maximum absolute atomic E-state index is 13.0. The summed E-state index contributed by atoms with van der Waals surface area (Å²) in [6.45, 7) is 1.66. The van der Waals surface area contributed by atoms with Gasteiger partial charge in [0.05, 0.1) is 18.2 Å². The molecule has 0 spiro atoms. The molecule has 2 amide bonds. The highest BCUT2D eigenvalue weighted by molar-refractivity contribution is 6.00. The second-order valence-corrected chi connectivity index (χ2v) is 8.15. The van der Waals surface area contributed by atoms with Crippen LogP contribution in [0.2, 0.25) is 0 Å². The lowest BCUT2D eigenvalue weighted by atomic mass is 9.90. The molecule has 0 saturated heterocycles. The standard InChI is InChI=1S/C30H27N3O2/c1-22(23-17-19-25(20-18-23)24-11-5-2-6-12-24)32-33-28(34)21-31-30(35)29(26-13-7-3-8-14-26)27-15-9-4-10-16-27/h2-20,29H,21H2,1H3,(H,31,35)(H,33,34)/b32-22-. The first-order valence-electron chi connectivity index (χ1n) is 11.5. The third-order valence-electron chi connectivity index (χ3n) is 5.71. The number of hydrogen-bond donors (Lipinski definition) is 2. The molecular formula is C30H27N3O2. The van der Waals surface area contributed by atoms with Crippen LogP contribution in [-0.2, 0) is 9.59 Å². The second kappa shape index (κ2) is 11.6. The Labute approximate surface area is 205 Å². The molecule has 5 heteroatoms. The molecule has 4 aromatic carbocycles. The fourth-order valence-corrected chi connectivity index (χ4v) is 3.84. The van der Waals surface area contributed by atoms with Gasteiger partial charge >= 0.3 is 0 Å². The maximum atomic E-state index is 13.0. The van der Waals surface area contributed by atoms with E-state index in [0.717, 1.165) is 27.8 Å². The van der Waals surface area contributed by atoms with Crippen molar-refractivity contribution in [3.05, 3.63) is 132 Å². The highest BCUT2D eigenvalue weighted by Crippen LogP contribution is 2.24. The number of carbonyl (C=O) groups excluding carboxylic acids is 2. The zero-order valence-electron chi connectivity index (χ0n) is 19.5. The lowest BCUT2D eigenvalue weighted by Crippen LogP contribution is -2.38. The van der Waals surface area contributed by atoms with Crippen LogP contribution in [0.4, 0.5) is 0 Å². The van der Waals surface area contributed by atoms with Crippen molar-refractivity contribution in [3.63, 3.8) is 0 Å². The first-order valence-corrected chi connectivity index (χ1v) is 11.5. The summed E-state index contributed by atoms with van der Waals surface area (Å²) in [6, 6.07) is 37.2. The molecule has 0 radical (unpaired) electrons. The molecule has 0 heterocycles. The maximum Gasteiger partial charge on any atom is 0.259 e. The van der Waals surface area contributed by atoms with Gasteiger partial charge in [-0.05, 0) is 34.7 Å². The first kappa shape index (κ1) is 23.6. The van der Waals surface area contributed by atoms with Crippen LogP contribution < -0.4 is 10.7 Å². The van der Waals surface area contributed by atoms with Crippen LogP contribution in [0.5, 0.6) is 0 Å². The zero-order chi connectivity index (χ0) is 24.5. The molecule has 0 aliphatic carbocycles. The Morgan fingerprint density at radius 2 is 1.17 bits per heavy atom. The summed E-state index contributed by atoms with van der Waals surface area (Å²) in [7, 11) is 0. The lowest BCUT2D eigenvalue weighted by molar-refractivity contribution is -0.126. The minimum Gasteiger partial charge on any atom is -0.346 e. The van der Waals surface area contributed by atoms with E-state index in [2.05, 4.69) is 28.0 Å². The molecule has 0 unspecified atom stereocenters. The van der Waals surface area contributed by atoms with Crippen LogP contribution in [0.1, 0.15) is 29.5 Å². The Hall–Kier alpha value is -4.51. The van der Waals surface area contributed by atoms with Crippen molar-refractivity contribution in [1.82, 2.24) is 10.7 Å². The Morgan fingerprint density at radius 3 is 1.71 bits per heavy atom. The predicted molar refractivity (Wildman–Crippen MR) is 140 cm³/mol. The fourth-order valence-electron chi connectivity index (χ4n) is 3.84. The highest BCUT2D eigenvalue weighted by Gasteiger charge is 2.22. The lowest BCUT2D eigenvalue weighted by Gasteiger charge is -2.17. The van der Waals surface area contributed by atoms with Crippen molar-refractivity contribution in [2.45, 2.75) is 12.8 Å². The zero-order valence-corrected chi connectivity index (χ0v) is 19.5. The molecule has 0 atom stereocenters. The summed E-state index contributed by atoms with van der Waals surface area (Å²) in [5, 5.41) is 6.95. The van der Waals surface area contributed by atoms with E-state index in [1.165, 1.54) is 0 Å². The predicted octanol–water partition coefficient (Wildman–Crippen LogP) is 5.14. The highest BCUT2D eigenvalue weighted by atomic mass is 16.2. The van der Waals surface area contributed by atoms with E-state index < -0.39 is 11.8 Å². The number of hydrazone groups is 1. The largest absolute Gasteiger partial charge is 0.346 e. The minimum atomic E-state index is -0.501. The molecule has 0 fully saturated rings. The SMILES string of the molecule is C/C(=N/NC(=O)CNC(=O)C(c1ccccc1)c1ccccc1)c1ccc(-c2ccccc2)cc1. The first-order chi connectivity index (χ1) is 17.1. The molecule has 0 bridgehead atoms. The Bertz CT molecular complexity index is 1250. The van der Waals surface area contributed by atoms with Gasteiger partial charge in [0.2, 0.25) is 5.91 Å². The topological polar surface area (TPSA) is 70.6 Å². The van der Waals surface area contributed by atoms with Gasteiger partial charge in [-0.15, -0.1) is 0 Å². The van der Waals surface area contributed by atoms with E-state index >= 15 is 0 Å². The van der Waals surface area contributed by atoms with E-state index in [0.29, 0.717) is 5.71 Å². The van der Waals surface area contributed by atoms with Gasteiger partial charge in [0.25, 0.3) is 5.91 Å². The summed E-state index contributed by atoms with van der Waals surface area (Å²) in [5.74, 6) is -1.13. The van der Waals surface area contributed by atoms with Gasteiger partial charge in [0, 0.05) is 0 Å². The molecule has 174 valence electrons. The summed E-state index contributed by atoms with van der Waals surface area (Å²) >= 11 is 0. The fraction of sp³-hybridized carbons (Fsp3) is 0.100. The summed E-state index contributed by atoms with van der Waals surface area (Å²) in [5.41, 5.74) is 8.10. The van der Waals surface area contributed by atoms with E-state index in [4.69, 9.17) is 0 Å². The summed E-state index contributed by atoms with van der Waals surface area (Å²) < 4.78 is 0. The second-order valence-electron chi connectivity index (χ2n) is 8.15. The molecule has 4 aromatic rings. The molecule has 35 heavy (non-hydrogen) atoms. The molecule has 4 rings (SSSR count). The Balaban J connectivity index is 1.36. The van der Waals surface area contributed by atoms with Crippen molar-refractivity contribution < 1.29 is 9.59 Å². The van der Waals surface area contributed by atoms with Crippen molar-refractivity contribution >= 4 is 17.5 Å². The normalized spacial score (nSPS) is 11.2. The van der Waals surface area contributed by atoms with Crippen molar-refractivity contribution in [2.24, 2.45) is 5.10 Å².